The zero-order chi connectivity index (χ0) is 8.27. The first-order valence-corrected chi connectivity index (χ1v) is 4.10. The van der Waals surface area contributed by atoms with Gasteiger partial charge in [-0.2, -0.15) is 0 Å². The van der Waals surface area contributed by atoms with Crippen LogP contribution in [-0.4, -0.2) is 25.7 Å². The van der Waals surface area contributed by atoms with Crippen molar-refractivity contribution in [3.05, 3.63) is 0 Å². The minimum atomic E-state index is -0.116. The van der Waals surface area contributed by atoms with E-state index in [9.17, 15) is 4.79 Å². The average Bonchev–Trinajstić information content (AvgIpc) is 2.50. The number of carbonyl (C=O) groups is 1. The topological polar surface area (TPSA) is 38.3 Å². The van der Waals surface area contributed by atoms with Crippen LogP contribution in [0.15, 0.2) is 0 Å². The monoisotopic (exact) mass is 193 g/mol. The van der Waals surface area contributed by atoms with Crippen LogP contribution in [0.25, 0.3) is 0 Å². The van der Waals surface area contributed by atoms with E-state index in [1.54, 1.807) is 0 Å². The fourth-order valence-electron chi connectivity index (χ4n) is 1.60. The van der Waals surface area contributed by atoms with Crippen LogP contribution in [0.1, 0.15) is 19.8 Å². The van der Waals surface area contributed by atoms with E-state index in [-0.39, 0.29) is 24.4 Å². The van der Waals surface area contributed by atoms with Crippen molar-refractivity contribution in [1.82, 2.24) is 5.32 Å². The third-order valence-corrected chi connectivity index (χ3v) is 2.33. The van der Waals surface area contributed by atoms with Gasteiger partial charge < -0.3 is 10.1 Å². The molecule has 72 valence electrons. The molecule has 12 heavy (non-hydrogen) atoms. The predicted octanol–water partition coefficient (Wildman–Crippen LogP) is 0.969. The Morgan fingerprint density at radius 3 is 2.83 bits per heavy atom. The summed E-state index contributed by atoms with van der Waals surface area (Å²) in [5.41, 5.74) is 0. The number of hydrogen-bond acceptors (Lipinski definition) is 3. The second kappa shape index (κ2) is 5.38. The third kappa shape index (κ3) is 2.35. The number of esters is 1. The van der Waals surface area contributed by atoms with Crippen molar-refractivity contribution < 1.29 is 9.53 Å². The Bertz CT molecular complexity index is 152. The predicted molar refractivity (Wildman–Crippen MR) is 49.5 cm³/mol. The van der Waals surface area contributed by atoms with Crippen LogP contribution >= 0.6 is 12.4 Å². The van der Waals surface area contributed by atoms with E-state index < -0.39 is 0 Å². The molecule has 0 aromatic heterocycles. The van der Waals surface area contributed by atoms with E-state index in [0.717, 1.165) is 19.4 Å². The first-order valence-electron chi connectivity index (χ1n) is 4.10. The Kier molecular flexibility index (Phi) is 5.25. The molecule has 0 spiro atoms. The Labute approximate surface area is 79.3 Å². The van der Waals surface area contributed by atoms with Gasteiger partial charge in [0, 0.05) is 0 Å². The van der Waals surface area contributed by atoms with Crippen molar-refractivity contribution in [3.8, 4) is 0 Å². The summed E-state index contributed by atoms with van der Waals surface area (Å²) >= 11 is 0. The highest BCUT2D eigenvalue weighted by Crippen LogP contribution is 2.19. The molecule has 1 fully saturated rings. The van der Waals surface area contributed by atoms with E-state index in [4.69, 9.17) is 0 Å². The quantitative estimate of drug-likeness (QED) is 0.665. The van der Waals surface area contributed by atoms with Crippen LogP contribution in [0.2, 0.25) is 0 Å². The first-order chi connectivity index (χ1) is 5.29. The summed E-state index contributed by atoms with van der Waals surface area (Å²) in [4.78, 5) is 11.1. The van der Waals surface area contributed by atoms with Crippen molar-refractivity contribution >= 4 is 18.4 Å². The molecule has 0 unspecified atom stereocenters. The van der Waals surface area contributed by atoms with E-state index in [1.807, 2.05) is 0 Å². The van der Waals surface area contributed by atoms with Crippen molar-refractivity contribution in [2.24, 2.45) is 5.92 Å². The highest BCUT2D eigenvalue weighted by Gasteiger charge is 2.31. The third-order valence-electron chi connectivity index (χ3n) is 2.33. The molecule has 3 nitrogen and oxygen atoms in total. The highest BCUT2D eigenvalue weighted by atomic mass is 35.5. The van der Waals surface area contributed by atoms with Gasteiger partial charge in [0.05, 0.1) is 7.11 Å². The molecule has 0 aromatic carbocycles. The van der Waals surface area contributed by atoms with Gasteiger partial charge in [-0.05, 0) is 18.9 Å². The fraction of sp³-hybridized carbons (Fsp3) is 0.875. The lowest BCUT2D eigenvalue weighted by molar-refractivity contribution is -0.143. The zero-order valence-electron chi connectivity index (χ0n) is 7.50. The molecule has 0 bridgehead atoms. The molecular weight excluding hydrogens is 178 g/mol. The summed E-state index contributed by atoms with van der Waals surface area (Å²) < 4.78 is 4.66. The lowest BCUT2D eigenvalue weighted by atomic mass is 9.98. The molecular formula is C8H16ClNO2. The van der Waals surface area contributed by atoms with Crippen molar-refractivity contribution in [2.75, 3.05) is 13.7 Å². The summed E-state index contributed by atoms with van der Waals surface area (Å²) in [5.74, 6) is 0.358. The first kappa shape index (κ1) is 11.7. The lowest BCUT2D eigenvalue weighted by Crippen LogP contribution is -2.36. The summed E-state index contributed by atoms with van der Waals surface area (Å²) in [6.07, 6.45) is 2.14. The van der Waals surface area contributed by atoms with E-state index >= 15 is 0 Å². The maximum absolute atomic E-state index is 11.1. The van der Waals surface area contributed by atoms with Gasteiger partial charge in [-0.15, -0.1) is 12.4 Å². The van der Waals surface area contributed by atoms with E-state index in [1.165, 1.54) is 7.11 Å². The van der Waals surface area contributed by atoms with Gasteiger partial charge >= 0.3 is 5.97 Å². The standard InChI is InChI=1S/C8H15NO2.ClH/c1-3-6-4-5-9-7(6)8(10)11-2;/h6-7,9H,3-5H2,1-2H3;1H/t6-,7+;/m0./s1. The number of rotatable bonds is 2. The Hall–Kier alpha value is -0.280. The molecule has 0 aromatic rings. The molecule has 0 aliphatic carbocycles. The van der Waals surface area contributed by atoms with Crippen LogP contribution in [0, 0.1) is 5.92 Å². The van der Waals surface area contributed by atoms with Gasteiger partial charge in [0.15, 0.2) is 0 Å². The van der Waals surface area contributed by atoms with Gasteiger partial charge in [-0.25, -0.2) is 0 Å². The molecule has 1 rings (SSSR count). The van der Waals surface area contributed by atoms with Crippen LogP contribution in [0.4, 0.5) is 0 Å². The molecule has 0 saturated carbocycles. The number of carbonyl (C=O) groups excluding carboxylic acids is 1. The van der Waals surface area contributed by atoms with E-state index in [0.29, 0.717) is 5.92 Å². The van der Waals surface area contributed by atoms with Crippen LogP contribution in [-0.2, 0) is 9.53 Å². The van der Waals surface area contributed by atoms with Gasteiger partial charge in [0.2, 0.25) is 0 Å². The summed E-state index contributed by atoms with van der Waals surface area (Å²) in [7, 11) is 1.44. The molecule has 0 radical (unpaired) electrons. The summed E-state index contributed by atoms with van der Waals surface area (Å²) in [6, 6.07) is -0.0509. The van der Waals surface area contributed by atoms with E-state index in [2.05, 4.69) is 17.0 Å². The van der Waals surface area contributed by atoms with Gasteiger partial charge in [0.1, 0.15) is 6.04 Å². The number of hydrogen-bond donors (Lipinski definition) is 1. The van der Waals surface area contributed by atoms with Crippen LogP contribution in [0.3, 0.4) is 0 Å². The van der Waals surface area contributed by atoms with Gasteiger partial charge in [0.25, 0.3) is 0 Å². The summed E-state index contributed by atoms with van der Waals surface area (Å²) in [6.45, 7) is 3.05. The number of halogens is 1. The Morgan fingerprint density at radius 1 is 1.67 bits per heavy atom. The minimum Gasteiger partial charge on any atom is -0.468 e. The second-order valence-electron chi connectivity index (χ2n) is 2.91. The minimum absolute atomic E-state index is 0. The lowest BCUT2D eigenvalue weighted by Gasteiger charge is -2.14. The average molecular weight is 194 g/mol. The molecule has 4 heteroatoms. The van der Waals surface area contributed by atoms with Crippen LogP contribution in [0.5, 0.6) is 0 Å². The van der Waals surface area contributed by atoms with Crippen LogP contribution < -0.4 is 5.32 Å². The zero-order valence-corrected chi connectivity index (χ0v) is 8.32. The van der Waals surface area contributed by atoms with Crippen molar-refractivity contribution in [2.45, 2.75) is 25.8 Å². The largest absolute Gasteiger partial charge is 0.468 e. The molecule has 0 amide bonds. The molecule has 1 N–H and O–H groups in total. The molecule has 1 saturated heterocycles. The number of nitrogens with one attached hydrogen (secondary N) is 1. The maximum Gasteiger partial charge on any atom is 0.323 e. The van der Waals surface area contributed by atoms with Gasteiger partial charge in [-0.3, -0.25) is 4.79 Å². The Balaban J connectivity index is 0.00000121. The maximum atomic E-state index is 11.1. The summed E-state index contributed by atoms with van der Waals surface area (Å²) in [5, 5.41) is 3.13. The Morgan fingerprint density at radius 2 is 2.33 bits per heavy atom. The normalized spacial score (nSPS) is 27.8. The van der Waals surface area contributed by atoms with Crippen molar-refractivity contribution in [3.63, 3.8) is 0 Å². The smallest absolute Gasteiger partial charge is 0.323 e. The molecule has 1 heterocycles. The van der Waals surface area contributed by atoms with Crippen molar-refractivity contribution in [1.29, 1.82) is 0 Å². The molecule has 2 atom stereocenters. The second-order valence-corrected chi connectivity index (χ2v) is 2.91. The van der Waals surface area contributed by atoms with Gasteiger partial charge in [-0.1, -0.05) is 13.3 Å². The molecule has 1 aliphatic rings. The number of ether oxygens (including phenoxy) is 1. The number of methoxy groups -OCH3 is 1. The molecule has 1 aliphatic heterocycles. The SMILES string of the molecule is CC[C@H]1CCN[C@H]1C(=O)OC.Cl. The fourth-order valence-corrected chi connectivity index (χ4v) is 1.60. The highest BCUT2D eigenvalue weighted by molar-refractivity contribution is 5.85.